The molecule has 0 aliphatic heterocycles. The normalized spacial score (nSPS) is 10.8. The average molecular weight is 252 g/mol. The molecule has 2 N–H and O–H groups in total. The standard InChI is InChI=1S/C9H8ClF2NO3/c10-3-5-1-4(2-6(14)15)8(16)7(13-5)9(11)12/h1,9,16H,2-3H2,(H,14,15). The third-order valence-electron chi connectivity index (χ3n) is 1.84. The Labute approximate surface area is 94.5 Å². The average Bonchev–Trinajstić information content (AvgIpc) is 2.19. The van der Waals surface area contributed by atoms with E-state index in [-0.39, 0.29) is 17.1 Å². The molecule has 0 saturated heterocycles. The second kappa shape index (κ2) is 5.07. The zero-order chi connectivity index (χ0) is 12.3. The summed E-state index contributed by atoms with van der Waals surface area (Å²) in [5.41, 5.74) is -0.853. The lowest BCUT2D eigenvalue weighted by molar-refractivity contribution is -0.136. The molecule has 88 valence electrons. The molecule has 0 bridgehead atoms. The molecule has 0 aliphatic carbocycles. The zero-order valence-corrected chi connectivity index (χ0v) is 8.71. The Bertz CT molecular complexity index is 412. The Morgan fingerprint density at radius 1 is 1.56 bits per heavy atom. The van der Waals surface area contributed by atoms with Crippen LogP contribution in [0.4, 0.5) is 8.78 Å². The molecular formula is C9H8ClF2NO3. The van der Waals surface area contributed by atoms with Crippen molar-refractivity contribution in [1.29, 1.82) is 0 Å². The van der Waals surface area contributed by atoms with E-state index in [1.165, 1.54) is 6.07 Å². The molecular weight excluding hydrogens is 244 g/mol. The molecule has 16 heavy (non-hydrogen) atoms. The van der Waals surface area contributed by atoms with E-state index in [0.717, 1.165) is 0 Å². The lowest BCUT2D eigenvalue weighted by Crippen LogP contribution is -2.05. The van der Waals surface area contributed by atoms with Gasteiger partial charge >= 0.3 is 5.97 Å². The fraction of sp³-hybridized carbons (Fsp3) is 0.333. The third kappa shape index (κ3) is 2.79. The molecule has 1 aromatic rings. The van der Waals surface area contributed by atoms with Gasteiger partial charge in [-0.3, -0.25) is 4.79 Å². The van der Waals surface area contributed by atoms with Crippen LogP contribution in [0.2, 0.25) is 0 Å². The Morgan fingerprint density at radius 2 is 2.19 bits per heavy atom. The van der Waals surface area contributed by atoms with E-state index in [0.29, 0.717) is 0 Å². The van der Waals surface area contributed by atoms with Crippen LogP contribution in [0.5, 0.6) is 5.75 Å². The lowest BCUT2D eigenvalue weighted by Gasteiger charge is -2.09. The maximum absolute atomic E-state index is 12.4. The van der Waals surface area contributed by atoms with Crippen molar-refractivity contribution < 1.29 is 23.8 Å². The molecule has 0 amide bonds. The Hall–Kier alpha value is -1.43. The molecule has 0 aromatic carbocycles. The first-order valence-electron chi connectivity index (χ1n) is 4.23. The van der Waals surface area contributed by atoms with Crippen molar-refractivity contribution in [3.05, 3.63) is 23.0 Å². The minimum atomic E-state index is -2.98. The summed E-state index contributed by atoms with van der Waals surface area (Å²) in [6.07, 6.45) is -3.53. The van der Waals surface area contributed by atoms with Gasteiger partial charge in [0.1, 0.15) is 11.4 Å². The minimum absolute atomic E-state index is 0.103. The van der Waals surface area contributed by atoms with Crippen LogP contribution in [0.25, 0.3) is 0 Å². The number of aliphatic carboxylic acids is 1. The van der Waals surface area contributed by atoms with Crippen molar-refractivity contribution in [2.24, 2.45) is 0 Å². The van der Waals surface area contributed by atoms with Gasteiger partial charge in [0.2, 0.25) is 0 Å². The van der Waals surface area contributed by atoms with Crippen molar-refractivity contribution in [2.45, 2.75) is 18.7 Å². The molecule has 1 rings (SSSR count). The number of alkyl halides is 3. The summed E-state index contributed by atoms with van der Waals surface area (Å²) >= 11 is 5.43. The van der Waals surface area contributed by atoms with E-state index in [9.17, 15) is 18.7 Å². The van der Waals surface area contributed by atoms with Gasteiger partial charge in [0.05, 0.1) is 18.0 Å². The molecule has 0 aliphatic rings. The summed E-state index contributed by atoms with van der Waals surface area (Å²) in [6.45, 7) is 0. The number of carboxylic acid groups (broad SMARTS) is 1. The number of hydrogen-bond acceptors (Lipinski definition) is 3. The molecule has 1 aromatic heterocycles. The highest BCUT2D eigenvalue weighted by atomic mass is 35.5. The van der Waals surface area contributed by atoms with Crippen LogP contribution in [-0.4, -0.2) is 21.2 Å². The number of rotatable bonds is 4. The van der Waals surface area contributed by atoms with Gasteiger partial charge in [-0.2, -0.15) is 0 Å². The van der Waals surface area contributed by atoms with Crippen molar-refractivity contribution in [3.8, 4) is 5.75 Å². The first-order chi connectivity index (χ1) is 7.45. The monoisotopic (exact) mass is 251 g/mol. The minimum Gasteiger partial charge on any atom is -0.506 e. The maximum atomic E-state index is 12.4. The Morgan fingerprint density at radius 3 is 2.62 bits per heavy atom. The highest BCUT2D eigenvalue weighted by Crippen LogP contribution is 2.30. The first kappa shape index (κ1) is 12.6. The maximum Gasteiger partial charge on any atom is 0.307 e. The van der Waals surface area contributed by atoms with Gasteiger partial charge in [-0.25, -0.2) is 13.8 Å². The number of nitrogens with zero attached hydrogens (tertiary/aromatic N) is 1. The van der Waals surface area contributed by atoms with Crippen LogP contribution >= 0.6 is 11.6 Å². The van der Waals surface area contributed by atoms with Gasteiger partial charge < -0.3 is 10.2 Å². The van der Waals surface area contributed by atoms with Crippen LogP contribution < -0.4 is 0 Å². The number of carboxylic acids is 1. The van der Waals surface area contributed by atoms with Crippen molar-refractivity contribution in [1.82, 2.24) is 4.98 Å². The van der Waals surface area contributed by atoms with E-state index >= 15 is 0 Å². The predicted octanol–water partition coefficient (Wildman–Crippen LogP) is 2.09. The SMILES string of the molecule is O=C(O)Cc1cc(CCl)nc(C(F)F)c1O. The van der Waals surface area contributed by atoms with Crippen LogP contribution in [-0.2, 0) is 17.1 Å². The molecule has 0 saturated carbocycles. The second-order valence-electron chi connectivity index (χ2n) is 3.01. The van der Waals surface area contributed by atoms with Gasteiger partial charge in [-0.1, -0.05) is 0 Å². The van der Waals surface area contributed by atoms with Crippen molar-refractivity contribution in [2.75, 3.05) is 0 Å². The summed E-state index contributed by atoms with van der Waals surface area (Å²) in [4.78, 5) is 13.9. The number of carbonyl (C=O) groups is 1. The number of pyridine rings is 1. The lowest BCUT2D eigenvalue weighted by atomic mass is 10.1. The Kier molecular flexibility index (Phi) is 4.00. The molecule has 1 heterocycles. The fourth-order valence-electron chi connectivity index (χ4n) is 1.19. The summed E-state index contributed by atoms with van der Waals surface area (Å²) < 4.78 is 24.9. The molecule has 0 spiro atoms. The largest absolute Gasteiger partial charge is 0.506 e. The van der Waals surface area contributed by atoms with Crippen LogP contribution in [0.1, 0.15) is 23.4 Å². The topological polar surface area (TPSA) is 70.4 Å². The van der Waals surface area contributed by atoms with Gasteiger partial charge in [0.25, 0.3) is 6.43 Å². The predicted molar refractivity (Wildman–Crippen MR) is 51.8 cm³/mol. The fourth-order valence-corrected chi connectivity index (χ4v) is 1.33. The molecule has 0 radical (unpaired) electrons. The van der Waals surface area contributed by atoms with Crippen molar-refractivity contribution >= 4 is 17.6 Å². The molecule has 0 unspecified atom stereocenters. The van der Waals surface area contributed by atoms with E-state index in [1.807, 2.05) is 0 Å². The Balaban J connectivity index is 3.25. The second-order valence-corrected chi connectivity index (χ2v) is 3.28. The summed E-state index contributed by atoms with van der Waals surface area (Å²) in [6, 6.07) is 1.20. The van der Waals surface area contributed by atoms with Crippen LogP contribution in [0, 0.1) is 0 Å². The van der Waals surface area contributed by atoms with Gasteiger partial charge in [0.15, 0.2) is 0 Å². The van der Waals surface area contributed by atoms with E-state index < -0.39 is 30.3 Å². The summed E-state index contributed by atoms with van der Waals surface area (Å²) in [5, 5.41) is 17.9. The highest BCUT2D eigenvalue weighted by molar-refractivity contribution is 6.16. The molecule has 0 fully saturated rings. The first-order valence-corrected chi connectivity index (χ1v) is 4.76. The summed E-state index contributed by atoms with van der Waals surface area (Å²) in [7, 11) is 0. The highest BCUT2D eigenvalue weighted by Gasteiger charge is 2.20. The molecule has 7 heteroatoms. The number of hydrogen-bond donors (Lipinski definition) is 2. The smallest absolute Gasteiger partial charge is 0.307 e. The number of aromatic hydroxyl groups is 1. The molecule has 4 nitrogen and oxygen atoms in total. The van der Waals surface area contributed by atoms with E-state index in [2.05, 4.69) is 4.98 Å². The number of halogens is 3. The van der Waals surface area contributed by atoms with Gasteiger partial charge in [-0.15, -0.1) is 11.6 Å². The third-order valence-corrected chi connectivity index (χ3v) is 2.11. The van der Waals surface area contributed by atoms with E-state index in [4.69, 9.17) is 16.7 Å². The van der Waals surface area contributed by atoms with Crippen molar-refractivity contribution in [3.63, 3.8) is 0 Å². The van der Waals surface area contributed by atoms with Gasteiger partial charge in [0, 0.05) is 5.56 Å². The van der Waals surface area contributed by atoms with Crippen LogP contribution in [0.3, 0.4) is 0 Å². The zero-order valence-electron chi connectivity index (χ0n) is 7.95. The van der Waals surface area contributed by atoms with E-state index in [1.54, 1.807) is 0 Å². The quantitative estimate of drug-likeness (QED) is 0.804. The summed E-state index contributed by atoms with van der Waals surface area (Å²) in [5.74, 6) is -2.15. The van der Waals surface area contributed by atoms with Gasteiger partial charge in [-0.05, 0) is 6.07 Å². The number of aromatic nitrogens is 1. The van der Waals surface area contributed by atoms with Crippen LogP contribution in [0.15, 0.2) is 6.07 Å². The molecule has 0 atom stereocenters.